The van der Waals surface area contributed by atoms with Crippen molar-refractivity contribution < 1.29 is 14.4 Å². The van der Waals surface area contributed by atoms with Crippen LogP contribution in [0.2, 0.25) is 5.02 Å². The summed E-state index contributed by atoms with van der Waals surface area (Å²) in [5.74, 6) is 1.06. The molecule has 0 heterocycles. The quantitative estimate of drug-likeness (QED) is 0.603. The van der Waals surface area contributed by atoms with Crippen LogP contribution in [0.15, 0.2) is 36.4 Å². The Bertz CT molecular complexity index is 706. The van der Waals surface area contributed by atoms with E-state index in [0.29, 0.717) is 35.4 Å². The van der Waals surface area contributed by atoms with E-state index >= 15 is 0 Å². The van der Waals surface area contributed by atoms with Crippen LogP contribution < -0.4 is 14.8 Å². The van der Waals surface area contributed by atoms with Crippen molar-refractivity contribution in [1.29, 1.82) is 0 Å². The van der Waals surface area contributed by atoms with Crippen molar-refractivity contribution in [3.8, 4) is 11.5 Å². The maximum absolute atomic E-state index is 10.8. The first kappa shape index (κ1) is 16.9. The van der Waals surface area contributed by atoms with Gasteiger partial charge in [0.1, 0.15) is 0 Å². The van der Waals surface area contributed by atoms with Crippen molar-refractivity contribution in [1.82, 2.24) is 0 Å². The standard InChI is InChI=1S/C16H17ClN2O4/c1-3-23-16-14(17)7-11(8-15(16)22-2)10-18-12-5-4-6-13(9-12)19(20)21/h4-9,18H,3,10H2,1-2H3. The van der Waals surface area contributed by atoms with Gasteiger partial charge in [-0.05, 0) is 30.7 Å². The highest BCUT2D eigenvalue weighted by atomic mass is 35.5. The molecule has 0 atom stereocenters. The van der Waals surface area contributed by atoms with Gasteiger partial charge in [0.15, 0.2) is 11.5 Å². The number of rotatable bonds is 7. The van der Waals surface area contributed by atoms with Crippen LogP contribution in [0.5, 0.6) is 11.5 Å². The number of anilines is 1. The van der Waals surface area contributed by atoms with Crippen LogP contribution in [0.3, 0.4) is 0 Å². The Morgan fingerprint density at radius 2 is 2.09 bits per heavy atom. The normalized spacial score (nSPS) is 10.2. The molecule has 7 heteroatoms. The summed E-state index contributed by atoms with van der Waals surface area (Å²) in [6, 6.07) is 9.92. The van der Waals surface area contributed by atoms with Gasteiger partial charge in [0.05, 0.1) is 23.7 Å². The van der Waals surface area contributed by atoms with Gasteiger partial charge in [0.25, 0.3) is 5.69 Å². The lowest BCUT2D eigenvalue weighted by Gasteiger charge is -2.14. The summed E-state index contributed by atoms with van der Waals surface area (Å²) in [4.78, 5) is 10.4. The number of nitro groups is 1. The average molecular weight is 337 g/mol. The summed E-state index contributed by atoms with van der Waals surface area (Å²) in [5, 5.41) is 14.4. The molecule has 122 valence electrons. The van der Waals surface area contributed by atoms with Crippen LogP contribution in [0.4, 0.5) is 11.4 Å². The molecule has 1 N–H and O–H groups in total. The van der Waals surface area contributed by atoms with E-state index in [1.54, 1.807) is 25.3 Å². The first-order chi connectivity index (χ1) is 11.0. The molecule has 2 aromatic rings. The molecule has 0 bridgehead atoms. The summed E-state index contributed by atoms with van der Waals surface area (Å²) in [6.07, 6.45) is 0. The molecule has 0 aliphatic heterocycles. The molecule has 0 saturated carbocycles. The molecule has 23 heavy (non-hydrogen) atoms. The van der Waals surface area contributed by atoms with Crippen molar-refractivity contribution in [3.63, 3.8) is 0 Å². The topological polar surface area (TPSA) is 73.6 Å². The average Bonchev–Trinajstić information content (AvgIpc) is 2.55. The molecule has 6 nitrogen and oxygen atoms in total. The molecular formula is C16H17ClN2O4. The van der Waals surface area contributed by atoms with Crippen LogP contribution >= 0.6 is 11.6 Å². The molecule has 0 fully saturated rings. The molecule has 2 aromatic carbocycles. The molecule has 0 saturated heterocycles. The fourth-order valence-electron chi connectivity index (χ4n) is 2.09. The lowest BCUT2D eigenvalue weighted by atomic mass is 10.2. The van der Waals surface area contributed by atoms with Gasteiger partial charge in [-0.25, -0.2) is 0 Å². The van der Waals surface area contributed by atoms with Crippen LogP contribution in [-0.4, -0.2) is 18.6 Å². The molecule has 0 radical (unpaired) electrons. The van der Waals surface area contributed by atoms with Crippen molar-refractivity contribution in [2.45, 2.75) is 13.5 Å². The van der Waals surface area contributed by atoms with E-state index in [-0.39, 0.29) is 5.69 Å². The SMILES string of the molecule is CCOc1c(Cl)cc(CNc2cccc([N+](=O)[O-])c2)cc1OC. The van der Waals surface area contributed by atoms with Gasteiger partial charge in [-0.2, -0.15) is 0 Å². The third-order valence-electron chi connectivity index (χ3n) is 3.13. The fourth-order valence-corrected chi connectivity index (χ4v) is 2.38. The number of nitrogens with one attached hydrogen (secondary N) is 1. The minimum absolute atomic E-state index is 0.0392. The zero-order valence-corrected chi connectivity index (χ0v) is 13.6. The van der Waals surface area contributed by atoms with Crippen molar-refractivity contribution >= 4 is 23.0 Å². The van der Waals surface area contributed by atoms with E-state index in [4.69, 9.17) is 21.1 Å². The van der Waals surface area contributed by atoms with E-state index in [9.17, 15) is 10.1 Å². The van der Waals surface area contributed by atoms with E-state index in [2.05, 4.69) is 5.32 Å². The van der Waals surface area contributed by atoms with Gasteiger partial charge >= 0.3 is 0 Å². The predicted octanol–water partition coefficient (Wildman–Crippen LogP) is 4.27. The number of halogens is 1. The number of hydrogen-bond donors (Lipinski definition) is 1. The lowest BCUT2D eigenvalue weighted by molar-refractivity contribution is -0.384. The molecule has 0 aliphatic carbocycles. The minimum Gasteiger partial charge on any atom is -0.493 e. The van der Waals surface area contributed by atoms with Gasteiger partial charge in [-0.15, -0.1) is 0 Å². The molecule has 2 rings (SSSR count). The number of methoxy groups -OCH3 is 1. The number of nitro benzene ring substituents is 1. The van der Waals surface area contributed by atoms with Gasteiger partial charge in [-0.3, -0.25) is 10.1 Å². The number of nitrogens with zero attached hydrogens (tertiary/aromatic N) is 1. The first-order valence-corrected chi connectivity index (χ1v) is 7.40. The summed E-state index contributed by atoms with van der Waals surface area (Å²) in [7, 11) is 1.55. The predicted molar refractivity (Wildman–Crippen MR) is 89.6 cm³/mol. The van der Waals surface area contributed by atoms with E-state index < -0.39 is 4.92 Å². The summed E-state index contributed by atoms with van der Waals surface area (Å²) in [5.41, 5.74) is 1.57. The molecule has 0 spiro atoms. The number of benzene rings is 2. The van der Waals surface area contributed by atoms with Crippen LogP contribution in [0.25, 0.3) is 0 Å². The Labute approximate surface area is 139 Å². The highest BCUT2D eigenvalue weighted by Crippen LogP contribution is 2.36. The molecule has 0 aliphatic rings. The van der Waals surface area contributed by atoms with E-state index in [0.717, 1.165) is 5.56 Å². The lowest BCUT2D eigenvalue weighted by Crippen LogP contribution is -2.02. The molecule has 0 unspecified atom stereocenters. The van der Waals surface area contributed by atoms with Crippen molar-refractivity contribution in [2.75, 3.05) is 19.0 Å². The molecular weight excluding hydrogens is 320 g/mol. The van der Waals surface area contributed by atoms with Gasteiger partial charge in [-0.1, -0.05) is 17.7 Å². The number of ether oxygens (including phenoxy) is 2. The summed E-state index contributed by atoms with van der Waals surface area (Å²) < 4.78 is 10.8. The highest BCUT2D eigenvalue weighted by molar-refractivity contribution is 6.32. The Morgan fingerprint density at radius 3 is 2.74 bits per heavy atom. The Balaban J connectivity index is 2.16. The third kappa shape index (κ3) is 4.26. The van der Waals surface area contributed by atoms with E-state index in [1.165, 1.54) is 12.1 Å². The molecule has 0 amide bonds. The zero-order chi connectivity index (χ0) is 16.8. The smallest absolute Gasteiger partial charge is 0.271 e. The third-order valence-corrected chi connectivity index (χ3v) is 3.41. The second-order valence-electron chi connectivity index (χ2n) is 4.70. The highest BCUT2D eigenvalue weighted by Gasteiger charge is 2.12. The number of non-ortho nitro benzene ring substituents is 1. The van der Waals surface area contributed by atoms with Crippen LogP contribution in [-0.2, 0) is 6.54 Å². The Morgan fingerprint density at radius 1 is 1.30 bits per heavy atom. The van der Waals surface area contributed by atoms with Gasteiger partial charge in [0, 0.05) is 24.4 Å². The van der Waals surface area contributed by atoms with Crippen LogP contribution in [0, 0.1) is 10.1 Å². The number of hydrogen-bond acceptors (Lipinski definition) is 5. The first-order valence-electron chi connectivity index (χ1n) is 7.02. The minimum atomic E-state index is -0.429. The maximum atomic E-state index is 10.8. The van der Waals surface area contributed by atoms with Crippen molar-refractivity contribution in [3.05, 3.63) is 57.1 Å². The largest absolute Gasteiger partial charge is 0.493 e. The maximum Gasteiger partial charge on any atom is 0.271 e. The second-order valence-corrected chi connectivity index (χ2v) is 5.11. The summed E-state index contributed by atoms with van der Waals surface area (Å²) in [6.45, 7) is 2.80. The Kier molecular flexibility index (Phi) is 5.65. The van der Waals surface area contributed by atoms with Gasteiger partial charge in [0.2, 0.25) is 0 Å². The zero-order valence-electron chi connectivity index (χ0n) is 12.8. The fraction of sp³-hybridized carbons (Fsp3) is 0.250. The van der Waals surface area contributed by atoms with E-state index in [1.807, 2.05) is 13.0 Å². The second kappa shape index (κ2) is 7.69. The van der Waals surface area contributed by atoms with Gasteiger partial charge < -0.3 is 14.8 Å². The van der Waals surface area contributed by atoms with Crippen LogP contribution in [0.1, 0.15) is 12.5 Å². The molecule has 0 aromatic heterocycles. The Hall–Kier alpha value is -2.47. The van der Waals surface area contributed by atoms with Crippen molar-refractivity contribution in [2.24, 2.45) is 0 Å². The monoisotopic (exact) mass is 336 g/mol. The summed E-state index contributed by atoms with van der Waals surface area (Å²) >= 11 is 6.22.